The fourth-order valence-electron chi connectivity index (χ4n) is 2.66. The van der Waals surface area contributed by atoms with Gasteiger partial charge in [-0.05, 0) is 25.1 Å². The van der Waals surface area contributed by atoms with Gasteiger partial charge < -0.3 is 0 Å². The topological polar surface area (TPSA) is 48.5 Å². The summed E-state index contributed by atoms with van der Waals surface area (Å²) in [4.78, 5) is 8.95. The Bertz CT molecular complexity index is 965. The van der Waals surface area contributed by atoms with E-state index in [1.165, 1.54) is 0 Å². The minimum atomic E-state index is 0.356. The summed E-state index contributed by atoms with van der Waals surface area (Å²) in [5.74, 6) is 1.18. The Morgan fingerprint density at radius 3 is 3.00 bits per heavy atom. The second kappa shape index (κ2) is 4.54. The maximum Gasteiger partial charge on any atom is 0.163 e. The Kier molecular flexibility index (Phi) is 2.77. The molecule has 0 fully saturated rings. The van der Waals surface area contributed by atoms with Crippen LogP contribution in [0.3, 0.4) is 0 Å². The van der Waals surface area contributed by atoms with Gasteiger partial charge in [0.15, 0.2) is 5.65 Å². The highest BCUT2D eigenvalue weighted by molar-refractivity contribution is 7.16. The second-order valence-corrected chi connectivity index (χ2v) is 6.04. The smallest absolute Gasteiger partial charge is 0.163 e. The standard InChI is InChI=1S/C14H12ClN5S/c1-8-13-14(19(2)18-8)20(12(6-15)17-13)9-3-4-10-11(5-9)21-7-16-10/h3-5,7H,6H2,1-2H3. The zero-order valence-corrected chi connectivity index (χ0v) is 13.1. The molecule has 7 heteroatoms. The number of imidazole rings is 1. The Balaban J connectivity index is 2.07. The predicted octanol–water partition coefficient (Wildman–Crippen LogP) is 3.42. The number of aromatic nitrogens is 5. The van der Waals surface area contributed by atoms with Crippen LogP contribution in [-0.2, 0) is 12.9 Å². The van der Waals surface area contributed by atoms with E-state index >= 15 is 0 Å². The SMILES string of the molecule is Cc1nn(C)c2c1nc(CCl)n2-c1ccc2ncsc2c1. The molecule has 0 spiro atoms. The van der Waals surface area contributed by atoms with Crippen molar-refractivity contribution in [2.24, 2.45) is 7.05 Å². The number of nitrogens with zero attached hydrogens (tertiary/aromatic N) is 5. The van der Waals surface area contributed by atoms with Gasteiger partial charge in [0.05, 0.1) is 33.0 Å². The van der Waals surface area contributed by atoms with Crippen LogP contribution < -0.4 is 0 Å². The van der Waals surface area contributed by atoms with Gasteiger partial charge in [-0.2, -0.15) is 5.10 Å². The van der Waals surface area contributed by atoms with Crippen molar-refractivity contribution >= 4 is 44.3 Å². The summed E-state index contributed by atoms with van der Waals surface area (Å²) in [6.07, 6.45) is 0. The molecule has 1 aromatic carbocycles. The van der Waals surface area contributed by atoms with E-state index in [1.807, 2.05) is 36.3 Å². The molecule has 0 radical (unpaired) electrons. The highest BCUT2D eigenvalue weighted by atomic mass is 35.5. The van der Waals surface area contributed by atoms with Crippen molar-refractivity contribution in [3.05, 3.63) is 35.2 Å². The quantitative estimate of drug-likeness (QED) is 0.532. The first-order valence-corrected chi connectivity index (χ1v) is 7.91. The summed E-state index contributed by atoms with van der Waals surface area (Å²) in [6.45, 7) is 1.96. The van der Waals surface area contributed by atoms with E-state index in [9.17, 15) is 0 Å². The average molecular weight is 318 g/mol. The van der Waals surface area contributed by atoms with Crippen LogP contribution in [-0.4, -0.2) is 24.3 Å². The van der Waals surface area contributed by atoms with Gasteiger partial charge in [0, 0.05) is 7.05 Å². The summed E-state index contributed by atoms with van der Waals surface area (Å²) in [5.41, 5.74) is 6.68. The maximum atomic E-state index is 6.09. The molecule has 3 heterocycles. The van der Waals surface area contributed by atoms with Crippen molar-refractivity contribution < 1.29 is 0 Å². The normalized spacial score (nSPS) is 11.8. The lowest BCUT2D eigenvalue weighted by atomic mass is 10.3. The van der Waals surface area contributed by atoms with Gasteiger partial charge in [-0.1, -0.05) is 0 Å². The molecular weight excluding hydrogens is 306 g/mol. The monoisotopic (exact) mass is 317 g/mol. The van der Waals surface area contributed by atoms with Crippen LogP contribution >= 0.6 is 22.9 Å². The summed E-state index contributed by atoms with van der Waals surface area (Å²) in [7, 11) is 1.93. The third kappa shape index (κ3) is 1.79. The molecule has 0 unspecified atom stereocenters. The van der Waals surface area contributed by atoms with E-state index in [-0.39, 0.29) is 0 Å². The fourth-order valence-corrected chi connectivity index (χ4v) is 3.55. The molecule has 0 aliphatic rings. The van der Waals surface area contributed by atoms with E-state index in [0.717, 1.165) is 38.6 Å². The van der Waals surface area contributed by atoms with Gasteiger partial charge in [-0.15, -0.1) is 22.9 Å². The molecule has 0 N–H and O–H groups in total. The van der Waals surface area contributed by atoms with E-state index in [1.54, 1.807) is 11.3 Å². The second-order valence-electron chi connectivity index (χ2n) is 4.88. The van der Waals surface area contributed by atoms with Crippen LogP contribution in [0.5, 0.6) is 0 Å². The van der Waals surface area contributed by atoms with Crippen LogP contribution in [0.2, 0.25) is 0 Å². The number of fused-ring (bicyclic) bond motifs is 2. The summed E-state index contributed by atoms with van der Waals surface area (Å²) in [6, 6.07) is 6.18. The van der Waals surface area contributed by atoms with Gasteiger partial charge in [0.2, 0.25) is 0 Å². The largest absolute Gasteiger partial charge is 0.280 e. The molecule has 4 rings (SSSR count). The van der Waals surface area contributed by atoms with Crippen molar-refractivity contribution in [2.45, 2.75) is 12.8 Å². The highest BCUT2D eigenvalue weighted by Crippen LogP contribution is 2.27. The molecule has 5 nitrogen and oxygen atoms in total. The van der Waals surface area contributed by atoms with Crippen molar-refractivity contribution in [1.82, 2.24) is 24.3 Å². The number of alkyl halides is 1. The number of hydrogen-bond donors (Lipinski definition) is 0. The third-order valence-corrected chi connectivity index (χ3v) is 4.60. The van der Waals surface area contributed by atoms with Gasteiger partial charge in [-0.3, -0.25) is 4.57 Å². The molecule has 0 aliphatic heterocycles. The van der Waals surface area contributed by atoms with Crippen LogP contribution in [0.25, 0.3) is 27.1 Å². The lowest BCUT2D eigenvalue weighted by Gasteiger charge is -2.08. The van der Waals surface area contributed by atoms with Gasteiger partial charge in [-0.25, -0.2) is 14.6 Å². The molecule has 4 aromatic rings. The highest BCUT2D eigenvalue weighted by Gasteiger charge is 2.18. The average Bonchev–Trinajstić information content (AvgIpc) is 3.15. The van der Waals surface area contributed by atoms with Gasteiger partial charge in [0.1, 0.15) is 11.3 Å². The summed E-state index contributed by atoms with van der Waals surface area (Å²) in [5, 5.41) is 4.44. The van der Waals surface area contributed by atoms with Crippen molar-refractivity contribution in [3.8, 4) is 5.69 Å². The molecule has 21 heavy (non-hydrogen) atoms. The lowest BCUT2D eigenvalue weighted by Crippen LogP contribution is -2.04. The van der Waals surface area contributed by atoms with Crippen molar-refractivity contribution in [2.75, 3.05) is 0 Å². The first kappa shape index (κ1) is 12.8. The number of thiazole rings is 1. The Hall–Kier alpha value is -1.92. The Labute approximate surface area is 129 Å². The van der Waals surface area contributed by atoms with E-state index in [4.69, 9.17) is 11.6 Å². The third-order valence-electron chi connectivity index (χ3n) is 3.56. The number of hydrogen-bond acceptors (Lipinski definition) is 4. The molecule has 0 saturated heterocycles. The van der Waals surface area contributed by atoms with E-state index < -0.39 is 0 Å². The zero-order chi connectivity index (χ0) is 14.6. The number of benzene rings is 1. The maximum absolute atomic E-state index is 6.09. The summed E-state index contributed by atoms with van der Waals surface area (Å²) >= 11 is 7.72. The molecule has 0 saturated carbocycles. The number of halogens is 1. The molecule has 0 amide bonds. The minimum absolute atomic E-state index is 0.356. The first-order chi connectivity index (χ1) is 10.2. The van der Waals surface area contributed by atoms with Gasteiger partial charge >= 0.3 is 0 Å². The fraction of sp³-hybridized carbons (Fsp3) is 0.214. The van der Waals surface area contributed by atoms with Crippen LogP contribution in [0.1, 0.15) is 11.5 Å². The zero-order valence-electron chi connectivity index (χ0n) is 11.5. The molecule has 0 atom stereocenters. The number of rotatable bonds is 2. The Morgan fingerprint density at radius 1 is 1.33 bits per heavy atom. The van der Waals surface area contributed by atoms with Crippen LogP contribution in [0, 0.1) is 6.92 Å². The van der Waals surface area contributed by atoms with Crippen molar-refractivity contribution in [1.29, 1.82) is 0 Å². The van der Waals surface area contributed by atoms with Crippen LogP contribution in [0.4, 0.5) is 0 Å². The molecule has 3 aromatic heterocycles. The van der Waals surface area contributed by atoms with Crippen LogP contribution in [0.15, 0.2) is 23.7 Å². The molecule has 106 valence electrons. The summed E-state index contributed by atoms with van der Waals surface area (Å²) < 4.78 is 5.07. The molecular formula is C14H12ClN5S. The number of aryl methyl sites for hydroxylation is 2. The van der Waals surface area contributed by atoms with Crippen molar-refractivity contribution in [3.63, 3.8) is 0 Å². The molecule has 0 aliphatic carbocycles. The minimum Gasteiger partial charge on any atom is -0.280 e. The Morgan fingerprint density at radius 2 is 2.19 bits per heavy atom. The lowest BCUT2D eigenvalue weighted by molar-refractivity contribution is 0.755. The van der Waals surface area contributed by atoms with E-state index in [2.05, 4.69) is 25.7 Å². The molecule has 0 bridgehead atoms. The predicted molar refractivity (Wildman–Crippen MR) is 85.3 cm³/mol. The van der Waals surface area contributed by atoms with E-state index in [0.29, 0.717) is 5.88 Å². The van der Waals surface area contributed by atoms with Gasteiger partial charge in [0.25, 0.3) is 0 Å². The first-order valence-electron chi connectivity index (χ1n) is 6.49.